The summed E-state index contributed by atoms with van der Waals surface area (Å²) in [5.74, 6) is -0.100. The van der Waals surface area contributed by atoms with Gasteiger partial charge in [0.15, 0.2) is 0 Å². The molecule has 138 valence electrons. The van der Waals surface area contributed by atoms with Crippen LogP contribution in [0.2, 0.25) is 0 Å². The predicted molar refractivity (Wildman–Crippen MR) is 96.4 cm³/mol. The van der Waals surface area contributed by atoms with E-state index >= 15 is 0 Å². The topological polar surface area (TPSA) is 60.4 Å². The van der Waals surface area contributed by atoms with E-state index in [0.717, 1.165) is 44.9 Å². The number of hydrogen-bond acceptors (Lipinski definition) is 4. The van der Waals surface area contributed by atoms with E-state index in [4.69, 9.17) is 4.74 Å². The summed E-state index contributed by atoms with van der Waals surface area (Å²) < 4.78 is 26.7. The van der Waals surface area contributed by atoms with Crippen LogP contribution in [0.3, 0.4) is 0 Å². The van der Waals surface area contributed by atoms with E-state index in [1.807, 2.05) is 20.8 Å². The fourth-order valence-corrected chi connectivity index (χ4v) is 2.71. The molecule has 0 rings (SSSR count). The molecule has 0 N–H and O–H groups in total. The average molecular weight is 349 g/mol. The second kappa shape index (κ2) is 11.1. The zero-order chi connectivity index (χ0) is 17.9. The van der Waals surface area contributed by atoms with Gasteiger partial charge < -0.3 is 4.74 Å². The van der Waals surface area contributed by atoms with Crippen LogP contribution in [0.5, 0.6) is 0 Å². The number of unbranched alkanes of at least 4 members (excludes halogenated alkanes) is 7. The highest BCUT2D eigenvalue weighted by molar-refractivity contribution is 7.74. The zero-order valence-corrected chi connectivity index (χ0v) is 16.5. The van der Waals surface area contributed by atoms with Crippen LogP contribution >= 0.6 is 0 Å². The largest absolute Gasteiger partial charge is 0.460 e. The summed E-state index contributed by atoms with van der Waals surface area (Å²) in [5, 5.41) is 0. The summed E-state index contributed by atoms with van der Waals surface area (Å²) in [6.07, 6.45) is 10.0. The van der Waals surface area contributed by atoms with Crippen molar-refractivity contribution in [1.29, 1.82) is 0 Å². The van der Waals surface area contributed by atoms with Gasteiger partial charge in [-0.3, -0.25) is 4.79 Å². The van der Waals surface area contributed by atoms with Crippen LogP contribution in [0, 0.1) is 0 Å². The normalized spacial score (nSPS) is 12.6. The van der Waals surface area contributed by atoms with E-state index in [2.05, 4.69) is 0 Å². The van der Waals surface area contributed by atoms with Crippen molar-refractivity contribution in [2.24, 2.45) is 0 Å². The van der Waals surface area contributed by atoms with Crippen molar-refractivity contribution in [2.45, 2.75) is 109 Å². The van der Waals surface area contributed by atoms with Crippen LogP contribution in [0.4, 0.5) is 0 Å². The summed E-state index contributed by atoms with van der Waals surface area (Å²) >= 11 is 0. The fourth-order valence-electron chi connectivity index (χ4n) is 2.37. The Kier molecular flexibility index (Phi) is 10.8. The summed E-state index contributed by atoms with van der Waals surface area (Å²) in [6, 6.07) is 0. The van der Waals surface area contributed by atoms with Crippen molar-refractivity contribution >= 4 is 16.7 Å². The molecule has 0 aromatic heterocycles. The van der Waals surface area contributed by atoms with Crippen molar-refractivity contribution in [1.82, 2.24) is 0 Å². The third kappa shape index (κ3) is 13.5. The smallest absolute Gasteiger partial charge is 0.306 e. The Morgan fingerprint density at radius 2 is 1.22 bits per heavy atom. The van der Waals surface area contributed by atoms with Gasteiger partial charge in [0.1, 0.15) is 16.3 Å². The van der Waals surface area contributed by atoms with Crippen LogP contribution in [0.15, 0.2) is 0 Å². The van der Waals surface area contributed by atoms with Crippen LogP contribution in [-0.2, 0) is 20.2 Å². The first-order chi connectivity index (χ1) is 10.5. The van der Waals surface area contributed by atoms with Crippen LogP contribution in [-0.4, -0.2) is 24.7 Å². The SMILES string of the molecule is CC(C)(C)OC(=O)CCCCCCCCCCC(C)(C)[SH](=O)=O. The summed E-state index contributed by atoms with van der Waals surface area (Å²) in [5.41, 5.74) is -0.384. The number of rotatable bonds is 12. The third-order valence-corrected chi connectivity index (χ3v) is 5.05. The molecule has 23 heavy (non-hydrogen) atoms. The van der Waals surface area contributed by atoms with Gasteiger partial charge in [-0.2, -0.15) is 0 Å². The average Bonchev–Trinajstić information content (AvgIpc) is 2.38. The Labute approximate surface area is 144 Å². The highest BCUT2D eigenvalue weighted by Gasteiger charge is 2.20. The highest BCUT2D eigenvalue weighted by Crippen LogP contribution is 2.19. The Morgan fingerprint density at radius 3 is 1.65 bits per heavy atom. The molecule has 0 atom stereocenters. The number of carbonyl (C=O) groups excluding carboxylic acids is 1. The standard InChI is InChI=1S/C18H36O4S/c1-17(2,3)22-16(19)14-12-10-8-6-7-9-11-13-15-18(4,5)23(20)21/h23H,6-15H2,1-5H3. The molecule has 0 radical (unpaired) electrons. The molecule has 0 aliphatic carbocycles. The molecule has 0 aliphatic rings. The minimum atomic E-state index is -2.33. The Hall–Kier alpha value is -0.580. The van der Waals surface area contributed by atoms with Gasteiger partial charge in [-0.05, 0) is 47.5 Å². The first-order valence-corrected chi connectivity index (χ1v) is 10.1. The second-order valence-corrected chi connectivity index (χ2v) is 9.71. The van der Waals surface area contributed by atoms with Gasteiger partial charge >= 0.3 is 5.97 Å². The van der Waals surface area contributed by atoms with Crippen molar-refractivity contribution in [3.63, 3.8) is 0 Å². The number of ether oxygens (including phenoxy) is 1. The molecule has 0 aromatic carbocycles. The van der Waals surface area contributed by atoms with Gasteiger partial charge in [-0.1, -0.05) is 44.9 Å². The summed E-state index contributed by atoms with van der Waals surface area (Å²) in [4.78, 5) is 11.5. The van der Waals surface area contributed by atoms with E-state index in [1.54, 1.807) is 13.8 Å². The van der Waals surface area contributed by atoms with E-state index in [9.17, 15) is 13.2 Å². The van der Waals surface area contributed by atoms with E-state index in [-0.39, 0.29) is 11.6 Å². The molecule has 0 spiro atoms. The maximum absolute atomic E-state index is 11.5. The van der Waals surface area contributed by atoms with E-state index in [1.165, 1.54) is 12.8 Å². The van der Waals surface area contributed by atoms with Crippen molar-refractivity contribution < 1.29 is 17.9 Å². The number of hydrogen-bond donors (Lipinski definition) is 1. The van der Waals surface area contributed by atoms with Crippen LogP contribution in [0.1, 0.15) is 98.8 Å². The molecule has 5 heteroatoms. The highest BCUT2D eigenvalue weighted by atomic mass is 32.2. The Bertz CT molecular complexity index is 398. The molecule has 0 fully saturated rings. The molecule has 4 nitrogen and oxygen atoms in total. The summed E-state index contributed by atoms with van der Waals surface area (Å²) in [7, 11) is -2.33. The number of carbonyl (C=O) groups is 1. The maximum atomic E-state index is 11.5. The van der Waals surface area contributed by atoms with Gasteiger partial charge in [0.05, 0.1) is 4.75 Å². The monoisotopic (exact) mass is 348 g/mol. The zero-order valence-electron chi connectivity index (χ0n) is 15.7. The van der Waals surface area contributed by atoms with Crippen molar-refractivity contribution in [3.8, 4) is 0 Å². The number of esters is 1. The predicted octanol–water partition coefficient (Wildman–Crippen LogP) is 4.62. The lowest BCUT2D eigenvalue weighted by Gasteiger charge is -2.19. The van der Waals surface area contributed by atoms with Gasteiger partial charge in [0.2, 0.25) is 0 Å². The molecule has 0 unspecified atom stereocenters. The minimum Gasteiger partial charge on any atom is -0.460 e. The Morgan fingerprint density at radius 1 is 0.783 bits per heavy atom. The number of thiol groups is 1. The third-order valence-electron chi connectivity index (χ3n) is 3.83. The fraction of sp³-hybridized carbons (Fsp3) is 0.944. The molecule has 0 heterocycles. The van der Waals surface area contributed by atoms with Crippen LogP contribution < -0.4 is 0 Å². The van der Waals surface area contributed by atoms with Gasteiger partial charge in [-0.25, -0.2) is 8.42 Å². The maximum Gasteiger partial charge on any atom is 0.306 e. The molecule has 0 saturated heterocycles. The van der Waals surface area contributed by atoms with Crippen molar-refractivity contribution in [3.05, 3.63) is 0 Å². The Balaban J connectivity index is 3.43. The van der Waals surface area contributed by atoms with E-state index in [0.29, 0.717) is 6.42 Å². The molecule has 0 aromatic rings. The van der Waals surface area contributed by atoms with Gasteiger partial charge in [-0.15, -0.1) is 0 Å². The lowest BCUT2D eigenvalue weighted by atomic mass is 10.0. The molecule has 0 amide bonds. The lowest BCUT2D eigenvalue weighted by Crippen LogP contribution is -2.23. The van der Waals surface area contributed by atoms with E-state index < -0.39 is 15.5 Å². The first kappa shape index (κ1) is 22.4. The summed E-state index contributed by atoms with van der Waals surface area (Å²) in [6.45, 7) is 9.26. The van der Waals surface area contributed by atoms with Gasteiger partial charge in [0.25, 0.3) is 0 Å². The lowest BCUT2D eigenvalue weighted by molar-refractivity contribution is -0.154. The first-order valence-electron chi connectivity index (χ1n) is 8.91. The van der Waals surface area contributed by atoms with Crippen LogP contribution in [0.25, 0.3) is 0 Å². The molecular weight excluding hydrogens is 312 g/mol. The quantitative estimate of drug-likeness (QED) is 0.318. The van der Waals surface area contributed by atoms with Gasteiger partial charge in [0, 0.05) is 6.42 Å². The molecule has 0 aliphatic heterocycles. The second-order valence-electron chi connectivity index (χ2n) is 7.98. The molecule has 0 saturated carbocycles. The minimum absolute atomic E-state index is 0.100. The molecule has 0 bridgehead atoms. The molecular formula is C18H36O4S. The van der Waals surface area contributed by atoms with Crippen molar-refractivity contribution in [2.75, 3.05) is 0 Å².